The lowest BCUT2D eigenvalue weighted by molar-refractivity contribution is -0.141. The van der Waals surface area contributed by atoms with Crippen molar-refractivity contribution in [3.8, 4) is 0 Å². The number of benzene rings is 1. The number of fused-ring (bicyclic) bond motifs is 1. The number of hydrogen-bond acceptors (Lipinski definition) is 5. The fourth-order valence-corrected chi connectivity index (χ4v) is 4.02. The van der Waals surface area contributed by atoms with E-state index in [2.05, 4.69) is 5.32 Å². The number of alkyl halides is 4. The highest BCUT2D eigenvalue weighted by Crippen LogP contribution is 2.48. The van der Waals surface area contributed by atoms with E-state index in [9.17, 15) is 31.9 Å². The van der Waals surface area contributed by atoms with Gasteiger partial charge < -0.3 is 20.3 Å². The van der Waals surface area contributed by atoms with Gasteiger partial charge in [-0.2, -0.15) is 8.78 Å². The Morgan fingerprint density at radius 3 is 2.64 bits per heavy atom. The molecule has 1 unspecified atom stereocenters. The van der Waals surface area contributed by atoms with Gasteiger partial charge in [-0.05, 0) is 18.1 Å². The molecule has 0 aromatic heterocycles. The maximum atomic E-state index is 13.3. The summed E-state index contributed by atoms with van der Waals surface area (Å²) >= 11 is 0. The molecule has 4 rings (SSSR count). The van der Waals surface area contributed by atoms with Gasteiger partial charge in [-0.15, -0.1) is 0 Å². The van der Waals surface area contributed by atoms with Crippen molar-refractivity contribution in [1.82, 2.24) is 15.5 Å². The molecule has 0 spiro atoms. The van der Waals surface area contributed by atoms with Crippen LogP contribution in [0.25, 0.3) is 0 Å². The Morgan fingerprint density at radius 1 is 1.30 bits per heavy atom. The van der Waals surface area contributed by atoms with Crippen LogP contribution in [0.1, 0.15) is 41.3 Å². The molecule has 2 heterocycles. The molecule has 3 N–H and O–H groups in total. The van der Waals surface area contributed by atoms with Crippen molar-refractivity contribution in [2.75, 3.05) is 13.2 Å². The highest BCUT2D eigenvalue weighted by Gasteiger charge is 2.61. The van der Waals surface area contributed by atoms with Gasteiger partial charge in [0.15, 0.2) is 0 Å². The largest absolute Gasteiger partial charge is 0.379 e. The first kappa shape index (κ1) is 23.1. The Morgan fingerprint density at radius 2 is 2.00 bits per heavy atom. The average Bonchev–Trinajstić information content (AvgIpc) is 3.27. The van der Waals surface area contributed by atoms with Crippen LogP contribution in [-0.4, -0.2) is 65.6 Å². The highest BCUT2D eigenvalue weighted by atomic mass is 19.3. The van der Waals surface area contributed by atoms with Crippen LogP contribution in [0, 0.1) is 11.3 Å². The fourth-order valence-electron chi connectivity index (χ4n) is 4.02. The van der Waals surface area contributed by atoms with E-state index in [1.807, 2.05) is 5.32 Å². The molecular weight excluding hydrogens is 448 g/mol. The number of nitrogens with one attached hydrogen (secondary N) is 3. The van der Waals surface area contributed by atoms with Crippen molar-refractivity contribution in [2.45, 2.75) is 50.2 Å². The maximum absolute atomic E-state index is 13.3. The normalized spacial score (nSPS) is 25.9. The van der Waals surface area contributed by atoms with Crippen LogP contribution in [0.15, 0.2) is 18.2 Å². The molecule has 1 saturated heterocycles. The van der Waals surface area contributed by atoms with Gasteiger partial charge in [-0.25, -0.2) is 8.78 Å². The number of amidine groups is 1. The van der Waals surface area contributed by atoms with E-state index in [-0.39, 0.29) is 24.3 Å². The quantitative estimate of drug-likeness (QED) is 0.345. The van der Waals surface area contributed by atoms with Crippen LogP contribution in [0.4, 0.5) is 17.6 Å². The van der Waals surface area contributed by atoms with E-state index < -0.39 is 59.8 Å². The molecule has 3 aliphatic rings. The van der Waals surface area contributed by atoms with Crippen molar-refractivity contribution in [2.24, 2.45) is 5.92 Å². The Kier molecular flexibility index (Phi) is 5.67. The van der Waals surface area contributed by atoms with Gasteiger partial charge >= 0.3 is 5.92 Å². The molecule has 3 amide bonds. The van der Waals surface area contributed by atoms with Crippen molar-refractivity contribution in [3.63, 3.8) is 0 Å². The molecule has 1 saturated carbocycles. The van der Waals surface area contributed by atoms with E-state index in [0.29, 0.717) is 25.5 Å². The van der Waals surface area contributed by atoms with Crippen molar-refractivity contribution in [1.29, 1.82) is 5.41 Å². The van der Waals surface area contributed by atoms with Crippen molar-refractivity contribution < 1.29 is 36.7 Å². The number of ether oxygens (including phenoxy) is 1. The van der Waals surface area contributed by atoms with E-state index >= 15 is 0 Å². The second-order valence-electron chi connectivity index (χ2n) is 8.59. The lowest BCUT2D eigenvalue weighted by Crippen LogP contribution is -2.57. The Balaban J connectivity index is 1.47. The van der Waals surface area contributed by atoms with Crippen LogP contribution in [0.5, 0.6) is 0 Å². The maximum Gasteiger partial charge on any atom is 0.322 e. The minimum atomic E-state index is -3.67. The van der Waals surface area contributed by atoms with Gasteiger partial charge in [0.2, 0.25) is 5.91 Å². The first-order valence-electron chi connectivity index (χ1n) is 10.4. The van der Waals surface area contributed by atoms with Gasteiger partial charge in [-0.3, -0.25) is 19.8 Å². The minimum Gasteiger partial charge on any atom is -0.379 e. The average molecular weight is 470 g/mol. The van der Waals surface area contributed by atoms with E-state index in [0.717, 1.165) is 0 Å². The monoisotopic (exact) mass is 470 g/mol. The minimum absolute atomic E-state index is 0.0715. The van der Waals surface area contributed by atoms with E-state index in [4.69, 9.17) is 10.1 Å². The van der Waals surface area contributed by atoms with Gasteiger partial charge in [-0.1, -0.05) is 12.1 Å². The molecule has 2 fully saturated rings. The first-order chi connectivity index (χ1) is 15.4. The molecule has 0 bridgehead atoms. The van der Waals surface area contributed by atoms with E-state index in [1.54, 1.807) is 6.07 Å². The summed E-state index contributed by atoms with van der Waals surface area (Å²) in [5, 5.41) is 12.3. The molecule has 1 aliphatic carbocycles. The lowest BCUT2D eigenvalue weighted by Gasteiger charge is -2.38. The summed E-state index contributed by atoms with van der Waals surface area (Å²) in [4.78, 5) is 38.2. The molecule has 1 aromatic carbocycles. The second kappa shape index (κ2) is 8.08. The number of hydrogen-bond donors (Lipinski definition) is 3. The van der Waals surface area contributed by atoms with Crippen LogP contribution in [0.3, 0.4) is 0 Å². The predicted octanol–water partition coefficient (Wildman–Crippen LogP) is 1.67. The molecule has 12 heteroatoms. The van der Waals surface area contributed by atoms with Crippen molar-refractivity contribution >= 4 is 23.6 Å². The number of nitrogens with zero attached hydrogens (tertiary/aromatic N) is 1. The van der Waals surface area contributed by atoms with E-state index in [1.165, 1.54) is 17.0 Å². The lowest BCUT2D eigenvalue weighted by atomic mass is 10.0. The number of halogens is 4. The summed E-state index contributed by atoms with van der Waals surface area (Å²) < 4.78 is 58.2. The number of carbonyl (C=O) groups excluding carboxylic acids is 3. The molecule has 2 aliphatic heterocycles. The van der Waals surface area contributed by atoms with Crippen molar-refractivity contribution in [3.05, 3.63) is 34.9 Å². The summed E-state index contributed by atoms with van der Waals surface area (Å²) in [6, 6.07) is 3.16. The first-order valence-corrected chi connectivity index (χ1v) is 10.4. The topological polar surface area (TPSA) is 112 Å². The Hall–Kier alpha value is -3.02. The van der Waals surface area contributed by atoms with Crippen LogP contribution >= 0.6 is 0 Å². The SMILES string of the molecule is CC(F)(F)C(=O)NC(=N)c1ccc2c(c1)C(=O)N(C1COCC[C@H]1NC(=O)[C@@H]1CC1(F)F)C2. The summed E-state index contributed by atoms with van der Waals surface area (Å²) in [7, 11) is 0. The molecule has 0 radical (unpaired) electrons. The predicted molar refractivity (Wildman–Crippen MR) is 106 cm³/mol. The third kappa shape index (κ3) is 4.56. The summed E-state index contributed by atoms with van der Waals surface area (Å²) in [5.41, 5.74) is 0.898. The fraction of sp³-hybridized carbons (Fsp3) is 0.524. The molecule has 3 atom stereocenters. The smallest absolute Gasteiger partial charge is 0.322 e. The molecule has 8 nitrogen and oxygen atoms in total. The van der Waals surface area contributed by atoms with Crippen LogP contribution in [0.2, 0.25) is 0 Å². The Bertz CT molecular complexity index is 1030. The van der Waals surface area contributed by atoms with Gasteiger partial charge in [0, 0.05) is 37.6 Å². The molecule has 1 aromatic rings. The highest BCUT2D eigenvalue weighted by molar-refractivity contribution is 6.09. The van der Waals surface area contributed by atoms with Gasteiger partial charge in [0.1, 0.15) is 11.8 Å². The zero-order valence-electron chi connectivity index (χ0n) is 17.6. The third-order valence-corrected chi connectivity index (χ3v) is 6.06. The number of carbonyl (C=O) groups is 3. The number of rotatable bonds is 5. The summed E-state index contributed by atoms with van der Waals surface area (Å²) in [6.07, 6.45) is -0.141. The van der Waals surface area contributed by atoms with Crippen LogP contribution < -0.4 is 10.6 Å². The Labute approximate surface area is 186 Å². The third-order valence-electron chi connectivity index (χ3n) is 6.06. The zero-order chi connectivity index (χ0) is 24.1. The zero-order valence-corrected chi connectivity index (χ0v) is 17.6. The summed E-state index contributed by atoms with van der Waals surface area (Å²) in [5.74, 6) is -11.4. The van der Waals surface area contributed by atoms with Gasteiger partial charge in [0.05, 0.1) is 18.7 Å². The summed E-state index contributed by atoms with van der Waals surface area (Å²) in [6.45, 7) is 0.989. The second-order valence-corrected chi connectivity index (χ2v) is 8.59. The standard InChI is InChI=1S/C21H22F4N4O4/c1-20(22,23)19(32)28-16(26)10-2-3-11-8-29(18(31)12(11)6-10)15-9-33-5-4-14(15)27-17(30)13-7-21(13,24)25/h2-3,6,13-15H,4-5,7-9H2,1H3,(H,27,30)(H2,26,28,32)/t13-,14+,15?/m0/s1. The molecule has 178 valence electrons. The molecular formula is C21H22F4N4O4. The molecule has 33 heavy (non-hydrogen) atoms. The van der Waals surface area contributed by atoms with Gasteiger partial charge in [0.25, 0.3) is 17.7 Å². The van der Waals surface area contributed by atoms with Crippen LogP contribution in [-0.2, 0) is 20.9 Å². The number of amides is 3.